The fraction of sp³-hybridized carbons (Fsp3) is 0.167. The molecule has 0 unspecified atom stereocenters. The standard InChI is InChI=1S/C12H11ClFN3/c1-2-8-6-11(17-12(15)16-8)9-5-7(13)3-4-10(9)14/h3-6H,2H2,1H3,(H2,15,16,17). The van der Waals surface area contributed by atoms with Crippen molar-refractivity contribution >= 4 is 17.5 Å². The van der Waals surface area contributed by atoms with Crippen LogP contribution in [0.1, 0.15) is 12.6 Å². The number of nitrogen functional groups attached to an aromatic ring is 1. The van der Waals surface area contributed by atoms with Gasteiger partial charge in [-0.15, -0.1) is 0 Å². The third kappa shape index (κ3) is 2.53. The lowest BCUT2D eigenvalue weighted by atomic mass is 10.1. The molecule has 1 aromatic heterocycles. The molecule has 0 saturated carbocycles. The molecule has 1 heterocycles. The van der Waals surface area contributed by atoms with Crippen molar-refractivity contribution < 1.29 is 4.39 Å². The lowest BCUT2D eigenvalue weighted by Gasteiger charge is -2.06. The number of hydrogen-bond donors (Lipinski definition) is 1. The number of rotatable bonds is 2. The number of benzene rings is 1. The Morgan fingerprint density at radius 3 is 2.76 bits per heavy atom. The molecule has 2 rings (SSSR count). The molecule has 0 aliphatic rings. The minimum absolute atomic E-state index is 0.138. The van der Waals surface area contributed by atoms with E-state index in [1.165, 1.54) is 18.2 Å². The van der Waals surface area contributed by atoms with Crippen LogP contribution in [-0.4, -0.2) is 9.97 Å². The Labute approximate surface area is 103 Å². The molecule has 2 N–H and O–H groups in total. The van der Waals surface area contributed by atoms with Gasteiger partial charge in [-0.1, -0.05) is 18.5 Å². The average Bonchev–Trinajstić information content (AvgIpc) is 2.31. The summed E-state index contributed by atoms with van der Waals surface area (Å²) in [5, 5.41) is 0.455. The number of nitrogens with zero attached hydrogens (tertiary/aromatic N) is 2. The third-order valence-electron chi connectivity index (χ3n) is 2.36. The second kappa shape index (κ2) is 4.67. The number of aromatic nitrogens is 2. The summed E-state index contributed by atoms with van der Waals surface area (Å²) in [6.07, 6.45) is 0.710. The molecule has 88 valence electrons. The molecule has 5 heteroatoms. The van der Waals surface area contributed by atoms with E-state index in [4.69, 9.17) is 17.3 Å². The van der Waals surface area contributed by atoms with Crippen LogP contribution >= 0.6 is 11.6 Å². The highest BCUT2D eigenvalue weighted by molar-refractivity contribution is 6.30. The van der Waals surface area contributed by atoms with E-state index >= 15 is 0 Å². The van der Waals surface area contributed by atoms with Crippen LogP contribution in [0.2, 0.25) is 5.02 Å². The predicted octanol–water partition coefficient (Wildman–Crippen LogP) is 3.08. The maximum absolute atomic E-state index is 13.7. The average molecular weight is 252 g/mol. The van der Waals surface area contributed by atoms with E-state index in [2.05, 4.69) is 9.97 Å². The van der Waals surface area contributed by atoms with Gasteiger partial charge in [0.2, 0.25) is 5.95 Å². The van der Waals surface area contributed by atoms with Crippen LogP contribution in [0.5, 0.6) is 0 Å². The molecule has 0 atom stereocenters. The summed E-state index contributed by atoms with van der Waals surface area (Å²) in [7, 11) is 0. The van der Waals surface area contributed by atoms with E-state index in [0.29, 0.717) is 22.7 Å². The molecule has 0 saturated heterocycles. The molecule has 2 aromatic rings. The lowest BCUT2D eigenvalue weighted by Crippen LogP contribution is -2.01. The van der Waals surface area contributed by atoms with E-state index < -0.39 is 0 Å². The zero-order chi connectivity index (χ0) is 12.4. The van der Waals surface area contributed by atoms with Crippen molar-refractivity contribution in [2.75, 3.05) is 5.73 Å². The van der Waals surface area contributed by atoms with Crippen LogP contribution < -0.4 is 5.73 Å². The molecule has 3 nitrogen and oxygen atoms in total. The van der Waals surface area contributed by atoms with Gasteiger partial charge in [-0.2, -0.15) is 0 Å². The number of nitrogens with two attached hydrogens (primary N) is 1. The van der Waals surface area contributed by atoms with Crippen molar-refractivity contribution in [1.82, 2.24) is 9.97 Å². The maximum Gasteiger partial charge on any atom is 0.220 e. The first-order valence-corrected chi connectivity index (χ1v) is 5.57. The fourth-order valence-electron chi connectivity index (χ4n) is 1.53. The highest BCUT2D eigenvalue weighted by Gasteiger charge is 2.09. The van der Waals surface area contributed by atoms with Gasteiger partial charge in [0.15, 0.2) is 0 Å². The van der Waals surface area contributed by atoms with Crippen molar-refractivity contribution in [3.05, 3.63) is 40.8 Å². The van der Waals surface area contributed by atoms with Gasteiger partial charge in [-0.3, -0.25) is 0 Å². The molecular formula is C12H11ClFN3. The molecule has 17 heavy (non-hydrogen) atoms. The molecule has 0 aliphatic carbocycles. The third-order valence-corrected chi connectivity index (χ3v) is 2.60. The molecular weight excluding hydrogens is 241 g/mol. The molecule has 1 aromatic carbocycles. The van der Waals surface area contributed by atoms with Gasteiger partial charge >= 0.3 is 0 Å². The minimum Gasteiger partial charge on any atom is -0.368 e. The normalized spacial score (nSPS) is 10.5. The van der Waals surface area contributed by atoms with Gasteiger partial charge in [0, 0.05) is 16.3 Å². The van der Waals surface area contributed by atoms with Crippen molar-refractivity contribution in [3.8, 4) is 11.3 Å². The van der Waals surface area contributed by atoms with Crippen LogP contribution in [0.4, 0.5) is 10.3 Å². The number of hydrogen-bond acceptors (Lipinski definition) is 3. The van der Waals surface area contributed by atoms with Gasteiger partial charge in [0.05, 0.1) is 5.69 Å². The topological polar surface area (TPSA) is 51.8 Å². The molecule has 0 fully saturated rings. The molecule has 0 amide bonds. The summed E-state index contributed by atoms with van der Waals surface area (Å²) >= 11 is 5.84. The summed E-state index contributed by atoms with van der Waals surface area (Å²) in [6.45, 7) is 1.94. The lowest BCUT2D eigenvalue weighted by molar-refractivity contribution is 0.630. The van der Waals surface area contributed by atoms with Crippen molar-refractivity contribution in [1.29, 1.82) is 0 Å². The predicted molar refractivity (Wildman–Crippen MR) is 66.2 cm³/mol. The van der Waals surface area contributed by atoms with Gasteiger partial charge in [0.25, 0.3) is 0 Å². The highest BCUT2D eigenvalue weighted by Crippen LogP contribution is 2.25. The van der Waals surface area contributed by atoms with E-state index in [9.17, 15) is 4.39 Å². The second-order valence-electron chi connectivity index (χ2n) is 3.58. The van der Waals surface area contributed by atoms with E-state index in [1.54, 1.807) is 6.07 Å². The summed E-state index contributed by atoms with van der Waals surface area (Å²) in [6, 6.07) is 6.04. The smallest absolute Gasteiger partial charge is 0.220 e. The van der Waals surface area contributed by atoms with Crippen molar-refractivity contribution in [3.63, 3.8) is 0 Å². The first-order valence-electron chi connectivity index (χ1n) is 5.19. The van der Waals surface area contributed by atoms with Crippen molar-refractivity contribution in [2.45, 2.75) is 13.3 Å². The molecule has 0 radical (unpaired) electrons. The summed E-state index contributed by atoms with van der Waals surface area (Å²) in [4.78, 5) is 8.06. The van der Waals surface area contributed by atoms with Crippen LogP contribution in [0, 0.1) is 5.82 Å². The SMILES string of the molecule is CCc1cc(-c2cc(Cl)ccc2F)nc(N)n1. The van der Waals surface area contributed by atoms with Crippen LogP contribution in [-0.2, 0) is 6.42 Å². The Hall–Kier alpha value is -1.68. The second-order valence-corrected chi connectivity index (χ2v) is 4.02. The van der Waals surface area contributed by atoms with Crippen LogP contribution in [0.15, 0.2) is 24.3 Å². The Kier molecular flexibility index (Phi) is 3.24. The summed E-state index contributed by atoms with van der Waals surface area (Å²) in [5.41, 5.74) is 7.14. The number of anilines is 1. The van der Waals surface area contributed by atoms with E-state index in [1.807, 2.05) is 6.92 Å². The van der Waals surface area contributed by atoms with Crippen LogP contribution in [0.25, 0.3) is 11.3 Å². The molecule has 0 aliphatic heterocycles. The van der Waals surface area contributed by atoms with Crippen LogP contribution in [0.3, 0.4) is 0 Å². The van der Waals surface area contributed by atoms with E-state index in [0.717, 1.165) is 5.69 Å². The Morgan fingerprint density at radius 1 is 1.29 bits per heavy atom. The van der Waals surface area contributed by atoms with Gasteiger partial charge in [-0.25, -0.2) is 14.4 Å². The zero-order valence-corrected chi connectivity index (χ0v) is 10.0. The quantitative estimate of drug-likeness (QED) is 0.892. The Balaban J connectivity index is 2.59. The maximum atomic E-state index is 13.7. The monoisotopic (exact) mass is 251 g/mol. The highest BCUT2D eigenvalue weighted by atomic mass is 35.5. The number of aryl methyl sites for hydroxylation is 1. The largest absolute Gasteiger partial charge is 0.368 e. The molecule has 0 spiro atoms. The summed E-state index contributed by atoms with van der Waals surface area (Å²) in [5.74, 6) is -0.242. The minimum atomic E-state index is -0.380. The van der Waals surface area contributed by atoms with Gasteiger partial charge < -0.3 is 5.73 Å². The number of halogens is 2. The summed E-state index contributed by atoms with van der Waals surface area (Å²) < 4.78 is 13.7. The fourth-order valence-corrected chi connectivity index (χ4v) is 1.70. The first kappa shape index (κ1) is 11.8. The Morgan fingerprint density at radius 2 is 2.06 bits per heavy atom. The van der Waals surface area contributed by atoms with Gasteiger partial charge in [0.1, 0.15) is 5.82 Å². The van der Waals surface area contributed by atoms with E-state index in [-0.39, 0.29) is 11.8 Å². The first-order chi connectivity index (χ1) is 8.10. The van der Waals surface area contributed by atoms with Gasteiger partial charge in [-0.05, 0) is 30.7 Å². The zero-order valence-electron chi connectivity index (χ0n) is 9.24. The van der Waals surface area contributed by atoms with Crippen molar-refractivity contribution in [2.24, 2.45) is 0 Å². The Bertz CT molecular complexity index is 557. The molecule has 0 bridgehead atoms.